The highest BCUT2D eigenvalue weighted by Crippen LogP contribution is 2.35. The maximum atomic E-state index is 4.99. The Hall–Kier alpha value is -1.07. The van der Waals surface area contributed by atoms with Gasteiger partial charge >= 0.3 is 0 Å². The van der Waals surface area contributed by atoms with Crippen molar-refractivity contribution in [1.82, 2.24) is 4.72 Å². The first-order valence-corrected chi connectivity index (χ1v) is 8.46. The lowest BCUT2D eigenvalue weighted by atomic mass is 10.4. The van der Waals surface area contributed by atoms with Crippen LogP contribution in [0.15, 0.2) is 51.6 Å². The van der Waals surface area contributed by atoms with Gasteiger partial charge in [-0.15, -0.1) is 11.8 Å². The van der Waals surface area contributed by atoms with E-state index < -0.39 is 0 Å². The molecule has 1 aromatic carbocycles. The Kier molecular flexibility index (Phi) is 5.86. The number of nitrogens with zero attached hydrogens (tertiary/aromatic N) is 1. The van der Waals surface area contributed by atoms with Crippen LogP contribution < -0.4 is 4.72 Å². The highest BCUT2D eigenvalue weighted by atomic mass is 32.2. The Morgan fingerprint density at radius 2 is 1.95 bits per heavy atom. The van der Waals surface area contributed by atoms with Gasteiger partial charge in [-0.05, 0) is 68.8 Å². The van der Waals surface area contributed by atoms with E-state index in [4.69, 9.17) is 4.84 Å². The Bertz CT molecular complexity index is 481. The van der Waals surface area contributed by atoms with Crippen LogP contribution in [0, 0.1) is 5.92 Å². The predicted octanol–water partition coefficient (Wildman–Crippen LogP) is 4.67. The van der Waals surface area contributed by atoms with Gasteiger partial charge in [0.25, 0.3) is 0 Å². The summed E-state index contributed by atoms with van der Waals surface area (Å²) in [5.41, 5.74) is 0. The molecular weight excluding hydrogens is 288 g/mol. The zero-order valence-corrected chi connectivity index (χ0v) is 13.5. The van der Waals surface area contributed by atoms with E-state index in [2.05, 4.69) is 40.7 Å². The van der Waals surface area contributed by atoms with Crippen molar-refractivity contribution in [2.75, 3.05) is 5.75 Å². The maximum absolute atomic E-state index is 4.99. The Balaban J connectivity index is 1.74. The van der Waals surface area contributed by atoms with Crippen molar-refractivity contribution >= 4 is 29.5 Å². The number of amidine groups is 1. The molecule has 1 saturated carbocycles. The minimum Gasteiger partial charge on any atom is -0.361 e. The van der Waals surface area contributed by atoms with Crippen molar-refractivity contribution in [2.24, 2.45) is 11.1 Å². The molecule has 0 aromatic heterocycles. The van der Waals surface area contributed by atoms with E-state index in [1.807, 2.05) is 18.7 Å². The van der Waals surface area contributed by atoms with Crippen molar-refractivity contribution in [3.05, 3.63) is 36.6 Å². The predicted molar refractivity (Wildman–Crippen MR) is 87.9 cm³/mol. The molecule has 20 heavy (non-hydrogen) atoms. The van der Waals surface area contributed by atoms with Crippen LogP contribution in [0.1, 0.15) is 26.7 Å². The normalized spacial score (nSPS) is 15.0. The van der Waals surface area contributed by atoms with Crippen molar-refractivity contribution in [3.63, 3.8) is 0 Å². The molecule has 108 valence electrons. The molecule has 3 nitrogen and oxygen atoms in total. The molecule has 5 heteroatoms. The number of allylic oxidation sites excluding steroid dienone is 1. The molecule has 0 aliphatic heterocycles. The van der Waals surface area contributed by atoms with Crippen molar-refractivity contribution in [3.8, 4) is 0 Å². The first-order valence-electron chi connectivity index (χ1n) is 6.66. The summed E-state index contributed by atoms with van der Waals surface area (Å²) >= 11 is 3.48. The van der Waals surface area contributed by atoms with Crippen LogP contribution in [-0.2, 0) is 4.84 Å². The summed E-state index contributed by atoms with van der Waals surface area (Å²) in [6.07, 6.45) is 2.82. The summed E-state index contributed by atoms with van der Waals surface area (Å²) in [7, 11) is 0. The van der Waals surface area contributed by atoms with E-state index in [1.54, 1.807) is 6.92 Å². The van der Waals surface area contributed by atoms with Crippen molar-refractivity contribution < 1.29 is 4.84 Å². The largest absolute Gasteiger partial charge is 0.361 e. The van der Waals surface area contributed by atoms with Crippen LogP contribution in [0.4, 0.5) is 0 Å². The zero-order valence-electron chi connectivity index (χ0n) is 11.9. The number of benzene rings is 1. The molecule has 0 atom stereocenters. The molecule has 0 spiro atoms. The molecule has 0 heterocycles. The van der Waals surface area contributed by atoms with Gasteiger partial charge in [0.1, 0.15) is 11.6 Å². The maximum Gasteiger partial charge on any atom is 0.149 e. The number of oxime groups is 1. The lowest BCUT2D eigenvalue weighted by Crippen LogP contribution is -2.11. The summed E-state index contributed by atoms with van der Waals surface area (Å²) < 4.78 is 3.13. The lowest BCUT2D eigenvalue weighted by molar-refractivity contribution is 0.230. The summed E-state index contributed by atoms with van der Waals surface area (Å²) in [6.45, 7) is 7.25. The van der Waals surface area contributed by atoms with Gasteiger partial charge in [0, 0.05) is 15.5 Å². The second-order valence-corrected chi connectivity index (χ2v) is 6.87. The van der Waals surface area contributed by atoms with Crippen molar-refractivity contribution in [2.45, 2.75) is 36.5 Å². The summed E-state index contributed by atoms with van der Waals surface area (Å²) in [4.78, 5) is 7.49. The van der Waals surface area contributed by atoms with Crippen molar-refractivity contribution in [1.29, 1.82) is 0 Å². The Labute approximate surface area is 129 Å². The van der Waals surface area contributed by atoms with Crippen LogP contribution in [0.5, 0.6) is 0 Å². The third-order valence-corrected chi connectivity index (χ3v) is 4.81. The minimum atomic E-state index is 0.577. The van der Waals surface area contributed by atoms with Gasteiger partial charge in [0.15, 0.2) is 0 Å². The van der Waals surface area contributed by atoms with Crippen LogP contribution in [0.3, 0.4) is 0 Å². The van der Waals surface area contributed by atoms with Gasteiger partial charge < -0.3 is 9.56 Å². The van der Waals surface area contributed by atoms with E-state index in [9.17, 15) is 0 Å². The standard InChI is InChI=1S/C15H20N2OS2/c1-11(2)18-16-12(3)17-20-15-8-6-14(7-9-15)19-10-13-4-5-13/h6-9,13H,1,4-5,10H2,2-3H3,(H,16,17). The highest BCUT2D eigenvalue weighted by molar-refractivity contribution is 7.99. The summed E-state index contributed by atoms with van der Waals surface area (Å²) in [5, 5.41) is 3.89. The number of hydrogen-bond acceptors (Lipinski definition) is 4. The average Bonchev–Trinajstić information content (AvgIpc) is 3.26. The molecular formula is C15H20N2OS2. The van der Waals surface area contributed by atoms with Gasteiger partial charge in [-0.1, -0.05) is 11.7 Å². The molecule has 0 bridgehead atoms. The van der Waals surface area contributed by atoms with Gasteiger partial charge in [-0.25, -0.2) is 0 Å². The van der Waals surface area contributed by atoms with Gasteiger partial charge in [0.05, 0.1) is 0 Å². The van der Waals surface area contributed by atoms with Crippen LogP contribution in [-0.4, -0.2) is 11.6 Å². The molecule has 0 unspecified atom stereocenters. The minimum absolute atomic E-state index is 0.577. The van der Waals surface area contributed by atoms with Gasteiger partial charge in [0.2, 0.25) is 0 Å². The van der Waals surface area contributed by atoms with Crippen LogP contribution in [0.2, 0.25) is 0 Å². The second-order valence-electron chi connectivity index (χ2n) is 4.90. The molecule has 2 rings (SSSR count). The molecule has 1 aliphatic carbocycles. The fourth-order valence-electron chi connectivity index (χ4n) is 1.40. The topological polar surface area (TPSA) is 33.6 Å². The van der Waals surface area contributed by atoms with E-state index in [1.165, 1.54) is 35.4 Å². The molecule has 1 fully saturated rings. The molecule has 0 amide bonds. The molecule has 0 saturated heterocycles. The Morgan fingerprint density at radius 1 is 1.30 bits per heavy atom. The fraction of sp³-hybridized carbons (Fsp3) is 0.400. The van der Waals surface area contributed by atoms with Crippen LogP contribution >= 0.6 is 23.7 Å². The SMILES string of the molecule is C=C(C)O/N=C(\C)NSc1ccc(SCC2CC2)cc1. The first kappa shape index (κ1) is 15.3. The second kappa shape index (κ2) is 7.64. The lowest BCUT2D eigenvalue weighted by Gasteiger charge is -2.06. The van der Waals surface area contributed by atoms with Gasteiger partial charge in [-0.2, -0.15) is 0 Å². The first-order chi connectivity index (χ1) is 9.63. The molecule has 1 N–H and O–H groups in total. The number of rotatable bonds is 7. The third-order valence-electron chi connectivity index (χ3n) is 2.66. The van der Waals surface area contributed by atoms with E-state index in [0.29, 0.717) is 11.6 Å². The monoisotopic (exact) mass is 308 g/mol. The van der Waals surface area contributed by atoms with Crippen LogP contribution in [0.25, 0.3) is 0 Å². The number of hydrogen-bond donors (Lipinski definition) is 1. The average molecular weight is 308 g/mol. The van der Waals surface area contributed by atoms with E-state index >= 15 is 0 Å². The molecule has 0 radical (unpaired) electrons. The van der Waals surface area contributed by atoms with Gasteiger partial charge in [-0.3, -0.25) is 0 Å². The quantitative estimate of drug-likeness (QED) is 0.198. The molecule has 1 aromatic rings. The highest BCUT2D eigenvalue weighted by Gasteiger charge is 2.20. The number of nitrogens with one attached hydrogen (secondary N) is 1. The zero-order chi connectivity index (χ0) is 14.4. The number of thioether (sulfide) groups is 1. The summed E-state index contributed by atoms with van der Waals surface area (Å²) in [6, 6.07) is 8.60. The smallest absolute Gasteiger partial charge is 0.149 e. The third kappa shape index (κ3) is 5.92. The Morgan fingerprint density at radius 3 is 2.55 bits per heavy atom. The van der Waals surface area contributed by atoms with E-state index in [-0.39, 0.29) is 0 Å². The molecule has 1 aliphatic rings. The fourth-order valence-corrected chi connectivity index (χ4v) is 3.07. The van der Waals surface area contributed by atoms with E-state index in [0.717, 1.165) is 10.8 Å². The summed E-state index contributed by atoms with van der Waals surface area (Å²) in [5.74, 6) is 3.51.